The zero-order valence-corrected chi connectivity index (χ0v) is 25.3. The van der Waals surface area contributed by atoms with Crippen LogP contribution in [0, 0.1) is 25.2 Å². The lowest BCUT2D eigenvalue weighted by atomic mass is 9.85. The van der Waals surface area contributed by atoms with Gasteiger partial charge in [-0.2, -0.15) is 0 Å². The van der Waals surface area contributed by atoms with Crippen LogP contribution in [0.3, 0.4) is 0 Å². The largest absolute Gasteiger partial charge is 0.362 e. The van der Waals surface area contributed by atoms with Crippen LogP contribution in [0.15, 0.2) is 36.7 Å². The second-order valence-electron chi connectivity index (χ2n) is 13.1. The van der Waals surface area contributed by atoms with E-state index in [-0.39, 0.29) is 24.0 Å². The molecule has 2 aromatic rings. The second-order valence-corrected chi connectivity index (χ2v) is 14.2. The molecule has 3 fully saturated rings. The first-order valence-electron chi connectivity index (χ1n) is 14.8. The number of benzene rings is 1. The molecule has 5 unspecified atom stereocenters. The van der Waals surface area contributed by atoms with E-state index in [4.69, 9.17) is 4.74 Å². The first-order chi connectivity index (χ1) is 18.7. The van der Waals surface area contributed by atoms with Gasteiger partial charge in [0.15, 0.2) is 0 Å². The molecule has 2 aliphatic heterocycles. The molecule has 2 saturated heterocycles. The normalized spacial score (nSPS) is 31.1. The van der Waals surface area contributed by atoms with E-state index >= 15 is 0 Å². The molecule has 4 bridgehead atoms. The monoisotopic (exact) mass is 552 g/mol. The van der Waals surface area contributed by atoms with E-state index in [1.165, 1.54) is 42.4 Å². The highest BCUT2D eigenvalue weighted by atomic mass is 32.2. The highest BCUT2D eigenvalue weighted by molar-refractivity contribution is 7.98. The van der Waals surface area contributed by atoms with Crippen LogP contribution in [0.4, 0.5) is 0 Å². The number of rotatable bonds is 4. The van der Waals surface area contributed by atoms with Crippen molar-refractivity contribution >= 4 is 11.9 Å². The smallest absolute Gasteiger partial charge is 0.142 e. The van der Waals surface area contributed by atoms with Crippen LogP contribution in [-0.2, 0) is 11.3 Å². The fraction of sp³-hybridized carbons (Fsp3) is 0.677. The van der Waals surface area contributed by atoms with Crippen LogP contribution in [0.2, 0.25) is 0 Å². The van der Waals surface area contributed by atoms with Crippen LogP contribution in [-0.4, -0.2) is 51.8 Å². The van der Waals surface area contributed by atoms with E-state index in [1.807, 2.05) is 30.4 Å². The van der Waals surface area contributed by atoms with E-state index in [0.717, 1.165) is 31.8 Å². The fourth-order valence-corrected chi connectivity index (χ4v) is 7.84. The van der Waals surface area contributed by atoms with Gasteiger partial charge >= 0.3 is 0 Å². The van der Waals surface area contributed by atoms with E-state index in [9.17, 15) is 0 Å². The summed E-state index contributed by atoms with van der Waals surface area (Å²) in [4.78, 5) is 11.9. The molecule has 1 aromatic heterocycles. The van der Waals surface area contributed by atoms with E-state index in [0.29, 0.717) is 23.8 Å². The molecular formula is C31H48N6OS. The molecule has 0 amide bonds. The van der Waals surface area contributed by atoms with Crippen LogP contribution in [0.25, 0.3) is 0 Å². The molecule has 214 valence electrons. The maximum Gasteiger partial charge on any atom is 0.142 e. The summed E-state index contributed by atoms with van der Waals surface area (Å²) in [7, 11) is 0. The molecule has 7 nitrogen and oxygen atoms in total. The maximum absolute atomic E-state index is 6.81. The molecule has 3 aliphatic rings. The summed E-state index contributed by atoms with van der Waals surface area (Å²) in [5.41, 5.74) is 4.27. The lowest BCUT2D eigenvalue weighted by molar-refractivity contribution is -0.0517. The van der Waals surface area contributed by atoms with Crippen LogP contribution >= 0.6 is 11.9 Å². The average molecular weight is 553 g/mol. The minimum Gasteiger partial charge on any atom is -0.362 e. The van der Waals surface area contributed by atoms with Gasteiger partial charge in [0.25, 0.3) is 0 Å². The van der Waals surface area contributed by atoms with Gasteiger partial charge in [-0.15, -0.1) is 0 Å². The molecule has 3 N–H and O–H groups in total. The number of aromatic nitrogens is 2. The molecule has 0 radical (unpaired) electrons. The van der Waals surface area contributed by atoms with Crippen molar-refractivity contribution in [2.75, 3.05) is 13.2 Å². The van der Waals surface area contributed by atoms with Crippen molar-refractivity contribution in [3.8, 4) is 0 Å². The van der Waals surface area contributed by atoms with Gasteiger partial charge in [0.2, 0.25) is 0 Å². The molecule has 5 rings (SSSR count). The summed E-state index contributed by atoms with van der Waals surface area (Å²) in [5, 5.41) is 8.22. The first-order valence-corrected chi connectivity index (χ1v) is 15.7. The van der Waals surface area contributed by atoms with E-state index in [2.05, 4.69) is 83.0 Å². The molecule has 0 spiro atoms. The molecule has 8 heteroatoms. The predicted octanol–water partition coefficient (Wildman–Crippen LogP) is 5.46. The molecule has 1 saturated carbocycles. The van der Waals surface area contributed by atoms with Gasteiger partial charge in [-0.3, -0.25) is 15.5 Å². The Morgan fingerprint density at radius 3 is 2.54 bits per heavy atom. The zero-order valence-electron chi connectivity index (χ0n) is 24.5. The Bertz CT molecular complexity index is 1040. The second kappa shape index (κ2) is 13.0. The highest BCUT2D eigenvalue weighted by Crippen LogP contribution is 2.35. The Hall–Kier alpha value is -1.55. The third-order valence-electron chi connectivity index (χ3n) is 8.46. The Morgan fingerprint density at radius 2 is 1.79 bits per heavy atom. The molecule has 3 heterocycles. The zero-order chi connectivity index (χ0) is 27.4. The van der Waals surface area contributed by atoms with Gasteiger partial charge in [-0.05, 0) is 73.6 Å². The summed E-state index contributed by atoms with van der Waals surface area (Å²) in [5.74, 6) is 1.58. The van der Waals surface area contributed by atoms with Crippen molar-refractivity contribution in [3.05, 3.63) is 59.2 Å². The summed E-state index contributed by atoms with van der Waals surface area (Å²) >= 11 is 1.91. The van der Waals surface area contributed by atoms with Gasteiger partial charge in [-0.1, -0.05) is 57.3 Å². The van der Waals surface area contributed by atoms with Crippen LogP contribution < -0.4 is 15.4 Å². The van der Waals surface area contributed by atoms with Gasteiger partial charge in [0.05, 0.1) is 13.2 Å². The summed E-state index contributed by atoms with van der Waals surface area (Å²) in [6.07, 6.45) is 10.7. The van der Waals surface area contributed by atoms with Gasteiger partial charge in [0.1, 0.15) is 18.3 Å². The number of nitrogens with one attached hydrogen (secondary N) is 3. The number of ether oxygens (including phenoxy) is 1. The van der Waals surface area contributed by atoms with Crippen molar-refractivity contribution < 1.29 is 4.74 Å². The quantitative estimate of drug-likeness (QED) is 0.432. The Kier molecular flexibility index (Phi) is 9.62. The van der Waals surface area contributed by atoms with Crippen LogP contribution in [0.1, 0.15) is 87.9 Å². The number of hydrogen-bond donors (Lipinski definition) is 3. The molecule has 39 heavy (non-hydrogen) atoms. The van der Waals surface area contributed by atoms with Crippen molar-refractivity contribution in [2.45, 2.75) is 110 Å². The fourth-order valence-electron chi connectivity index (χ4n) is 6.72. The molecule has 1 aromatic carbocycles. The van der Waals surface area contributed by atoms with Crippen LogP contribution in [0.5, 0.6) is 0 Å². The highest BCUT2D eigenvalue weighted by Gasteiger charge is 2.35. The van der Waals surface area contributed by atoms with Crippen molar-refractivity contribution in [1.29, 1.82) is 0 Å². The Labute approximate surface area is 239 Å². The third-order valence-corrected chi connectivity index (χ3v) is 9.59. The van der Waals surface area contributed by atoms with Crippen molar-refractivity contribution in [2.24, 2.45) is 11.3 Å². The Balaban J connectivity index is 1.43. The van der Waals surface area contributed by atoms with Gasteiger partial charge in [-0.25, -0.2) is 14.7 Å². The topological polar surface area (TPSA) is 74.3 Å². The number of fused-ring (bicyclic) bond motifs is 4. The molecular weight excluding hydrogens is 504 g/mol. The van der Waals surface area contributed by atoms with Gasteiger partial charge < -0.3 is 4.74 Å². The lowest BCUT2D eigenvalue weighted by Crippen LogP contribution is -2.61. The maximum atomic E-state index is 6.81. The lowest BCUT2D eigenvalue weighted by Gasteiger charge is -2.41. The van der Waals surface area contributed by atoms with Crippen molar-refractivity contribution in [1.82, 2.24) is 30.2 Å². The van der Waals surface area contributed by atoms with E-state index < -0.39 is 0 Å². The molecule has 1 aliphatic carbocycles. The van der Waals surface area contributed by atoms with Crippen molar-refractivity contribution in [3.63, 3.8) is 0 Å². The van der Waals surface area contributed by atoms with Gasteiger partial charge in [0, 0.05) is 42.7 Å². The summed E-state index contributed by atoms with van der Waals surface area (Å²) < 4.78 is 10.6. The standard InChI is InChI=1S/C31H48N6OS/c1-21-9-6-10-22(2)29(21)26-16-28-35-30(34-26)36-39-25-12-7-11-23(15-25)18-37(19-27-32-13-8-14-33-27)24(20-38-28)17-31(3,4)5/h6,8-10,13-14,23-26,28,30,34-36H,7,11-12,15-20H2,1-5H3/t23?,24-,25?,26?,28?,30?/m1/s1. The number of nitrogens with zero attached hydrogens (tertiary/aromatic N) is 3. The minimum atomic E-state index is -0.0363. The predicted molar refractivity (Wildman–Crippen MR) is 160 cm³/mol. The third kappa shape index (κ3) is 8.02. The van der Waals surface area contributed by atoms with E-state index in [1.54, 1.807) is 0 Å². The number of aryl methyl sites for hydroxylation is 2. The first kappa shape index (κ1) is 29.0. The summed E-state index contributed by atoms with van der Waals surface area (Å²) in [6.45, 7) is 14.0. The average Bonchev–Trinajstić information content (AvgIpc) is 2.90. The molecule has 6 atom stereocenters. The minimum absolute atomic E-state index is 0.00577. The summed E-state index contributed by atoms with van der Waals surface area (Å²) in [6, 6.07) is 9.05. The SMILES string of the molecule is Cc1cccc(C)c1C1CC2NC(NSC3CCCC(C3)CN(Cc3ncccn3)[C@H](CC(C)(C)C)CO2)N1. The number of hydrogen-bond acceptors (Lipinski definition) is 8. The Morgan fingerprint density at radius 1 is 1.03 bits per heavy atom.